The maximum atomic E-state index is 12.6. The summed E-state index contributed by atoms with van der Waals surface area (Å²) >= 11 is 20.7. The van der Waals surface area contributed by atoms with Gasteiger partial charge >= 0.3 is 35.8 Å². The molecule has 12 aromatic rings. The van der Waals surface area contributed by atoms with Crippen molar-refractivity contribution in [3.8, 4) is 64.8 Å². The first-order chi connectivity index (χ1) is 64.5. The van der Waals surface area contributed by atoms with Crippen molar-refractivity contribution in [2.45, 2.75) is 65.2 Å². The van der Waals surface area contributed by atoms with Gasteiger partial charge in [-0.1, -0.05) is 180 Å². The van der Waals surface area contributed by atoms with Crippen molar-refractivity contribution in [3.63, 3.8) is 0 Å². The van der Waals surface area contributed by atoms with Crippen molar-refractivity contribution in [2.24, 2.45) is 40.9 Å². The first-order valence-corrected chi connectivity index (χ1v) is 49.3. The van der Waals surface area contributed by atoms with Gasteiger partial charge in [0, 0.05) is 45.5 Å². The minimum atomic E-state index is -0.882. The molecule has 38 nitrogen and oxygen atoms in total. The number of ether oxygens (including phenoxy) is 6. The van der Waals surface area contributed by atoms with E-state index in [1.165, 1.54) is 74.5 Å². The zero-order chi connectivity index (χ0) is 96.3. The lowest BCUT2D eigenvalue weighted by atomic mass is 10.1. The van der Waals surface area contributed by atoms with Gasteiger partial charge < -0.3 is 58.0 Å². The molecule has 0 saturated heterocycles. The minimum absolute atomic E-state index is 0.00651. The van der Waals surface area contributed by atoms with E-state index in [4.69, 9.17) is 77.3 Å². The van der Waals surface area contributed by atoms with E-state index in [0.717, 1.165) is 57.1 Å². The fraction of sp³-hybridized carbons (Fsp3) is 0.214. The lowest BCUT2D eigenvalue weighted by Gasteiger charge is -2.10. The third kappa shape index (κ3) is 36.9. The molecule has 0 aliphatic carbocycles. The second-order valence-corrected chi connectivity index (χ2v) is 38.2. The van der Waals surface area contributed by atoms with Gasteiger partial charge in [-0.05, 0) is 207 Å². The molecular weight excluding hydrogens is 1980 g/mol. The lowest BCUT2D eigenvalue weighted by molar-refractivity contribution is -0.757. The number of benzene rings is 8. The Morgan fingerprint density at radius 3 is 0.851 bits per heavy atom. The van der Waals surface area contributed by atoms with Crippen LogP contribution in [0.4, 0.5) is 45.5 Å². The number of phenolic OH excluding ortho intramolecular Hbond substituents is 2. The highest BCUT2D eigenvalue weighted by atomic mass is 32.9. The Kier molecular flexibility index (Phi) is 42.8. The molecule has 0 saturated carbocycles. The number of nitrogens with zero attached hydrogens (tertiary/aromatic N) is 12. The number of unbranched alkanes of at least 4 members (excludes halogenated alkanes) is 4. The number of hydrogen-bond acceptors (Lipinski definition) is 46. The first kappa shape index (κ1) is 104. The number of hydrogen-bond donors (Lipinski definition) is 2. The van der Waals surface area contributed by atoms with Gasteiger partial charge in [0.2, 0.25) is 0 Å². The maximum absolute atomic E-state index is 12.6. The summed E-state index contributed by atoms with van der Waals surface area (Å²) in [5, 5.41) is 90.2. The van der Waals surface area contributed by atoms with Gasteiger partial charge in [0.15, 0.2) is 0 Å². The summed E-state index contributed by atoms with van der Waals surface area (Å²) in [6, 6.07) is 55.1. The Labute approximate surface area is 809 Å². The average Bonchev–Trinajstić information content (AvgIpc) is 1.71. The van der Waals surface area contributed by atoms with E-state index in [-0.39, 0.29) is 98.1 Å². The molecule has 134 heavy (non-hydrogen) atoms. The molecule has 0 unspecified atom stereocenters. The van der Waals surface area contributed by atoms with E-state index < -0.39 is 56.2 Å². The molecule has 696 valence electrons. The van der Waals surface area contributed by atoms with Gasteiger partial charge in [-0.3, -0.25) is 9.59 Å². The largest absolute Gasteiger partial charge is 0.507 e. The highest BCUT2D eigenvalue weighted by molar-refractivity contribution is 7.81. The molecule has 50 heteroatoms. The van der Waals surface area contributed by atoms with Crippen molar-refractivity contribution in [3.05, 3.63) is 272 Å². The van der Waals surface area contributed by atoms with Crippen molar-refractivity contribution >= 4 is 213 Å². The smallest absolute Gasteiger partial charge is 0.342 e. The Balaban J connectivity index is 0.000000201. The van der Waals surface area contributed by atoms with E-state index in [0.29, 0.717) is 96.9 Å². The number of carbonyl (C=O) groups excluding carboxylic acids is 6. The SMILES string of the molecule is CC(=O)Oc1cc(N=Nc2ccc(-c3cc(=S)ss3)cc2)ccc1C(=O)OCCCCO[N+](=O)[O-].CC(=O)Oc1ccc(N=Nc2ccc(-c3cc(=S)ss3)cc2)cc1C(=O)OCCCCO[N+](=O)[O-].O=C(OCCCCO[N+](=O)[O-])c1cc(N=Nc2ccc(-c3cc(=S)ss3)cc2)ccc1O.O=C(OCCCCO[N+](=O)[O-])c1ccc(N=Nc2ccc(-c3cc(=S)ss3)cc2)cc1O. The monoisotopic (exact) mass is 2050 g/mol. The summed E-state index contributed by atoms with van der Waals surface area (Å²) in [6.45, 7) is 2.23. The standard InChI is InChI=1S/2C22H19N3O7S3.2C20H17N3O6S3/c1-14(26)32-19-9-8-17(12-18(19)22(27)30-10-2-3-11-31-25(28)29)24-23-16-6-4-15(5-7-16)20-13-21(33)35-34-20;1-14(26)32-19-12-17(8-9-18(19)22(27)30-10-2-3-11-31-25(28)29)24-23-16-6-4-15(5-7-16)20-13-21(33)35-34-20;24-17-8-7-15(11-16(17)20(25)28-9-1-2-10-29-23(26)27)22-21-14-5-3-13(4-6-14)18-12-19(30)32-31-18;24-17-11-15(7-8-16(17)20(25)28-9-1-2-10-29-23(26)27)22-21-14-5-3-13(4-6-14)18-12-19(30)32-31-18/h2*4-9,12-13H,2-3,10-11H2,1H3;2*3-8,11-12,24H,1-2,9-10H2. The predicted octanol–water partition coefficient (Wildman–Crippen LogP) is 26.3. The molecule has 4 aromatic heterocycles. The number of carbonyl (C=O) groups is 6. The number of azo groups is 4. The fourth-order valence-corrected chi connectivity index (χ4v) is 20.1. The van der Waals surface area contributed by atoms with E-state index in [1.54, 1.807) is 94.9 Å². The quantitative estimate of drug-likeness (QED) is 0.00413. The van der Waals surface area contributed by atoms with Crippen LogP contribution in [-0.4, -0.2) is 119 Å². The van der Waals surface area contributed by atoms with Crippen LogP contribution in [0, 0.1) is 55.8 Å². The Hall–Kier alpha value is -13.5. The zero-order valence-electron chi connectivity index (χ0n) is 69.7. The molecule has 0 aliphatic heterocycles. The summed E-state index contributed by atoms with van der Waals surface area (Å²) < 4.78 is 34.1. The third-order valence-corrected chi connectivity index (χ3v) is 28.4. The molecule has 0 atom stereocenters. The second kappa shape index (κ2) is 55.1. The van der Waals surface area contributed by atoms with Crippen molar-refractivity contribution < 1.29 is 107 Å². The summed E-state index contributed by atoms with van der Waals surface area (Å²) in [6.07, 6.45) is 2.90. The molecule has 0 spiro atoms. The first-order valence-electron chi connectivity index (χ1n) is 39.1. The van der Waals surface area contributed by atoms with Crippen LogP contribution in [0.25, 0.3) is 41.8 Å². The van der Waals surface area contributed by atoms with Crippen LogP contribution in [0.1, 0.15) is 107 Å². The van der Waals surface area contributed by atoms with Crippen LogP contribution in [0.15, 0.2) is 235 Å². The highest BCUT2D eigenvalue weighted by Crippen LogP contribution is 2.38. The van der Waals surface area contributed by atoms with Crippen LogP contribution in [-0.2, 0) is 47.9 Å². The molecule has 12 rings (SSSR count). The van der Waals surface area contributed by atoms with Crippen LogP contribution in [0.3, 0.4) is 0 Å². The Morgan fingerprint density at radius 2 is 0.537 bits per heavy atom. The summed E-state index contributed by atoms with van der Waals surface area (Å²) in [5.74, 6) is -4.57. The van der Waals surface area contributed by atoms with Crippen molar-refractivity contribution in [2.75, 3.05) is 52.9 Å². The van der Waals surface area contributed by atoms with Gasteiger partial charge in [0.05, 0.1) is 98.4 Å². The maximum Gasteiger partial charge on any atom is 0.342 e. The summed E-state index contributed by atoms with van der Waals surface area (Å²) in [5.41, 5.74) is 8.11. The Morgan fingerprint density at radius 1 is 0.284 bits per heavy atom. The van der Waals surface area contributed by atoms with Crippen molar-refractivity contribution in [1.82, 2.24) is 0 Å². The van der Waals surface area contributed by atoms with Gasteiger partial charge in [-0.15, -0.1) is 40.5 Å². The van der Waals surface area contributed by atoms with E-state index in [9.17, 15) is 79.4 Å². The zero-order valence-corrected chi connectivity index (χ0v) is 79.5. The minimum Gasteiger partial charge on any atom is -0.507 e. The molecule has 0 amide bonds. The topological polar surface area (TPSA) is 507 Å². The van der Waals surface area contributed by atoms with Gasteiger partial charge in [0.1, 0.15) is 60.5 Å². The highest BCUT2D eigenvalue weighted by Gasteiger charge is 2.21. The number of aromatic hydroxyl groups is 2. The molecule has 4 heterocycles. The lowest BCUT2D eigenvalue weighted by Crippen LogP contribution is -2.11. The van der Waals surface area contributed by atoms with Crippen LogP contribution in [0.2, 0.25) is 0 Å². The molecular formula is C84H72N12O26S12. The number of rotatable bonds is 42. The molecule has 2 N–H and O–H groups in total. The predicted molar refractivity (Wildman–Crippen MR) is 512 cm³/mol. The molecule has 8 aromatic carbocycles. The van der Waals surface area contributed by atoms with E-state index in [2.05, 4.69) is 60.3 Å². The van der Waals surface area contributed by atoms with Gasteiger partial charge in [0.25, 0.3) is 20.3 Å². The second-order valence-electron chi connectivity index (χ2n) is 26.5. The molecule has 0 bridgehead atoms. The van der Waals surface area contributed by atoms with Crippen LogP contribution >= 0.6 is 132 Å². The van der Waals surface area contributed by atoms with Gasteiger partial charge in [-0.2, -0.15) is 40.9 Å². The molecule has 0 fully saturated rings. The van der Waals surface area contributed by atoms with Crippen LogP contribution in [0.5, 0.6) is 23.0 Å². The van der Waals surface area contributed by atoms with E-state index >= 15 is 0 Å². The number of phenols is 2. The average molecular weight is 2050 g/mol. The van der Waals surface area contributed by atoms with Crippen molar-refractivity contribution in [1.29, 1.82) is 0 Å². The summed E-state index contributed by atoms with van der Waals surface area (Å²) in [4.78, 5) is 134. The van der Waals surface area contributed by atoms with Crippen LogP contribution < -0.4 is 9.47 Å². The third-order valence-electron chi connectivity index (χ3n) is 16.7. The molecule has 0 aliphatic rings. The van der Waals surface area contributed by atoms with E-state index in [1.807, 2.05) is 121 Å². The molecule has 0 radical (unpaired) electrons. The fourth-order valence-electron chi connectivity index (χ4n) is 10.5. The number of esters is 6. The summed E-state index contributed by atoms with van der Waals surface area (Å²) in [7, 11) is 12.7. The normalized spacial score (nSPS) is 10.8. The van der Waals surface area contributed by atoms with Gasteiger partial charge in [-0.25, -0.2) is 19.2 Å². The Bertz CT molecular complexity index is 6460.